The molecule has 1 aromatic rings. The summed E-state index contributed by atoms with van der Waals surface area (Å²) in [6.07, 6.45) is 4.93. The minimum atomic E-state index is -0.0489. The smallest absolute Gasteiger partial charge is 0.251 e. The van der Waals surface area contributed by atoms with E-state index in [1.54, 1.807) is 14.2 Å². The summed E-state index contributed by atoms with van der Waals surface area (Å²) in [6.45, 7) is 0. The molecule has 104 valence electrons. The highest BCUT2D eigenvalue weighted by Gasteiger charge is 2.20. The summed E-state index contributed by atoms with van der Waals surface area (Å²) in [5, 5.41) is 6.14. The predicted octanol–water partition coefficient (Wildman–Crippen LogP) is 2.42. The SMILES string of the molecule is CNC(=O)c1ccc(NC2CCC(OC)CC2)cc1. The first kappa shape index (κ1) is 13.9. The molecule has 0 aromatic heterocycles. The molecule has 0 aliphatic heterocycles. The van der Waals surface area contributed by atoms with Gasteiger partial charge < -0.3 is 15.4 Å². The average molecular weight is 262 g/mol. The van der Waals surface area contributed by atoms with Gasteiger partial charge in [-0.25, -0.2) is 0 Å². The maximum Gasteiger partial charge on any atom is 0.251 e. The molecule has 0 heterocycles. The average Bonchev–Trinajstić information content (AvgIpc) is 2.48. The van der Waals surface area contributed by atoms with Crippen LogP contribution in [0, 0.1) is 0 Å². The van der Waals surface area contributed by atoms with Gasteiger partial charge in [0, 0.05) is 31.5 Å². The van der Waals surface area contributed by atoms with Crippen molar-refractivity contribution in [3.63, 3.8) is 0 Å². The van der Waals surface area contributed by atoms with Crippen molar-refractivity contribution in [2.45, 2.75) is 37.8 Å². The van der Waals surface area contributed by atoms with Gasteiger partial charge in [-0.05, 0) is 49.9 Å². The zero-order valence-corrected chi connectivity index (χ0v) is 11.6. The molecule has 0 unspecified atom stereocenters. The Morgan fingerprint density at radius 3 is 2.32 bits per heavy atom. The third kappa shape index (κ3) is 3.70. The fraction of sp³-hybridized carbons (Fsp3) is 0.533. The van der Waals surface area contributed by atoms with Crippen LogP contribution in [-0.2, 0) is 4.74 Å². The second-order valence-corrected chi connectivity index (χ2v) is 5.01. The number of amides is 1. The lowest BCUT2D eigenvalue weighted by Crippen LogP contribution is -2.29. The first-order chi connectivity index (χ1) is 9.22. The summed E-state index contributed by atoms with van der Waals surface area (Å²) in [4.78, 5) is 11.4. The molecule has 0 bridgehead atoms. The Labute approximate surface area is 114 Å². The minimum absolute atomic E-state index is 0.0489. The molecule has 4 nitrogen and oxygen atoms in total. The highest BCUT2D eigenvalue weighted by molar-refractivity contribution is 5.94. The van der Waals surface area contributed by atoms with Gasteiger partial charge in [0.25, 0.3) is 5.91 Å². The van der Waals surface area contributed by atoms with E-state index in [1.807, 2.05) is 24.3 Å². The number of carbonyl (C=O) groups is 1. The van der Waals surface area contributed by atoms with E-state index >= 15 is 0 Å². The van der Waals surface area contributed by atoms with Gasteiger partial charge >= 0.3 is 0 Å². The number of benzene rings is 1. The quantitative estimate of drug-likeness (QED) is 0.876. The van der Waals surface area contributed by atoms with Crippen molar-refractivity contribution in [1.29, 1.82) is 0 Å². The summed E-state index contributed by atoms with van der Waals surface area (Å²) in [5.41, 5.74) is 1.77. The zero-order valence-electron chi connectivity index (χ0n) is 11.6. The zero-order chi connectivity index (χ0) is 13.7. The van der Waals surface area contributed by atoms with Gasteiger partial charge in [0.2, 0.25) is 0 Å². The Morgan fingerprint density at radius 2 is 1.79 bits per heavy atom. The van der Waals surface area contributed by atoms with Crippen molar-refractivity contribution in [3.05, 3.63) is 29.8 Å². The topological polar surface area (TPSA) is 50.4 Å². The number of carbonyl (C=O) groups excluding carboxylic acids is 1. The van der Waals surface area contributed by atoms with Crippen molar-refractivity contribution in [1.82, 2.24) is 5.32 Å². The Bertz CT molecular complexity index is 409. The number of ether oxygens (including phenoxy) is 1. The largest absolute Gasteiger partial charge is 0.382 e. The third-order valence-electron chi connectivity index (χ3n) is 3.75. The van der Waals surface area contributed by atoms with E-state index in [1.165, 1.54) is 0 Å². The van der Waals surface area contributed by atoms with Gasteiger partial charge in [-0.15, -0.1) is 0 Å². The van der Waals surface area contributed by atoms with Crippen molar-refractivity contribution in [2.75, 3.05) is 19.5 Å². The molecule has 0 atom stereocenters. The molecule has 0 radical (unpaired) electrons. The van der Waals surface area contributed by atoms with Crippen LogP contribution in [0.4, 0.5) is 5.69 Å². The monoisotopic (exact) mass is 262 g/mol. The molecule has 1 aromatic carbocycles. The molecule has 19 heavy (non-hydrogen) atoms. The van der Waals surface area contributed by atoms with Crippen LogP contribution in [0.1, 0.15) is 36.0 Å². The standard InChI is InChI=1S/C15H22N2O2/c1-16-15(18)11-3-5-12(6-4-11)17-13-7-9-14(19-2)10-8-13/h3-6,13-14,17H,7-10H2,1-2H3,(H,16,18). The molecule has 1 amide bonds. The third-order valence-corrected chi connectivity index (χ3v) is 3.75. The van der Waals surface area contributed by atoms with Crippen LogP contribution in [-0.4, -0.2) is 32.2 Å². The molecule has 4 heteroatoms. The Morgan fingerprint density at radius 1 is 1.16 bits per heavy atom. The van der Waals surface area contributed by atoms with E-state index < -0.39 is 0 Å². The van der Waals surface area contributed by atoms with Crippen LogP contribution >= 0.6 is 0 Å². The van der Waals surface area contributed by atoms with E-state index in [9.17, 15) is 4.79 Å². The van der Waals surface area contributed by atoms with E-state index in [2.05, 4.69) is 10.6 Å². The highest BCUT2D eigenvalue weighted by atomic mass is 16.5. The second-order valence-electron chi connectivity index (χ2n) is 5.01. The van der Waals surface area contributed by atoms with E-state index in [4.69, 9.17) is 4.74 Å². The molecule has 1 saturated carbocycles. The number of hydrogen-bond acceptors (Lipinski definition) is 3. The molecule has 1 fully saturated rings. The number of anilines is 1. The number of rotatable bonds is 4. The summed E-state index contributed by atoms with van der Waals surface area (Å²) in [6, 6.07) is 8.14. The Balaban J connectivity index is 1.88. The van der Waals surface area contributed by atoms with Gasteiger partial charge in [-0.1, -0.05) is 0 Å². The summed E-state index contributed by atoms with van der Waals surface area (Å²) < 4.78 is 5.37. The van der Waals surface area contributed by atoms with Crippen molar-refractivity contribution in [2.24, 2.45) is 0 Å². The van der Waals surface area contributed by atoms with Crippen molar-refractivity contribution in [3.8, 4) is 0 Å². The van der Waals surface area contributed by atoms with Gasteiger partial charge in [0.05, 0.1) is 6.10 Å². The van der Waals surface area contributed by atoms with E-state index in [-0.39, 0.29) is 5.91 Å². The minimum Gasteiger partial charge on any atom is -0.382 e. The molecule has 0 spiro atoms. The van der Waals surface area contributed by atoms with Gasteiger partial charge in [0.1, 0.15) is 0 Å². The van der Waals surface area contributed by atoms with Crippen LogP contribution < -0.4 is 10.6 Å². The molecular weight excluding hydrogens is 240 g/mol. The Kier molecular flexibility index (Phi) is 4.80. The first-order valence-electron chi connectivity index (χ1n) is 6.84. The van der Waals surface area contributed by atoms with E-state index in [0.717, 1.165) is 31.4 Å². The van der Waals surface area contributed by atoms with E-state index in [0.29, 0.717) is 17.7 Å². The van der Waals surface area contributed by atoms with Crippen LogP contribution in [0.3, 0.4) is 0 Å². The number of methoxy groups -OCH3 is 1. The van der Waals surface area contributed by atoms with Crippen LogP contribution in [0.25, 0.3) is 0 Å². The first-order valence-corrected chi connectivity index (χ1v) is 6.84. The van der Waals surface area contributed by atoms with Crippen molar-refractivity contribution >= 4 is 11.6 Å². The fourth-order valence-electron chi connectivity index (χ4n) is 2.54. The fourth-order valence-corrected chi connectivity index (χ4v) is 2.54. The van der Waals surface area contributed by atoms with Crippen LogP contribution in [0.15, 0.2) is 24.3 Å². The molecular formula is C15H22N2O2. The maximum absolute atomic E-state index is 11.4. The van der Waals surface area contributed by atoms with Gasteiger partial charge in [0.15, 0.2) is 0 Å². The maximum atomic E-state index is 11.4. The molecule has 2 N–H and O–H groups in total. The molecule has 0 saturated heterocycles. The number of hydrogen-bond donors (Lipinski definition) is 2. The summed E-state index contributed by atoms with van der Waals surface area (Å²) in [5.74, 6) is -0.0489. The summed E-state index contributed by atoms with van der Waals surface area (Å²) >= 11 is 0. The molecule has 2 rings (SSSR count). The normalized spacial score (nSPS) is 22.8. The molecule has 1 aliphatic rings. The lowest BCUT2D eigenvalue weighted by atomic mass is 9.93. The second kappa shape index (κ2) is 6.57. The predicted molar refractivity (Wildman–Crippen MR) is 76.5 cm³/mol. The molecule has 1 aliphatic carbocycles. The highest BCUT2D eigenvalue weighted by Crippen LogP contribution is 2.23. The van der Waals surface area contributed by atoms with Crippen LogP contribution in [0.2, 0.25) is 0 Å². The van der Waals surface area contributed by atoms with Crippen LogP contribution in [0.5, 0.6) is 0 Å². The van der Waals surface area contributed by atoms with Crippen molar-refractivity contribution < 1.29 is 9.53 Å². The lowest BCUT2D eigenvalue weighted by molar-refractivity contribution is 0.0682. The number of nitrogens with one attached hydrogen (secondary N) is 2. The summed E-state index contributed by atoms with van der Waals surface area (Å²) in [7, 11) is 3.43. The van der Waals surface area contributed by atoms with Gasteiger partial charge in [-0.2, -0.15) is 0 Å². The lowest BCUT2D eigenvalue weighted by Gasteiger charge is -2.28. The van der Waals surface area contributed by atoms with Gasteiger partial charge in [-0.3, -0.25) is 4.79 Å². The Hall–Kier alpha value is -1.55.